The summed E-state index contributed by atoms with van der Waals surface area (Å²) in [6.07, 6.45) is 5.65. The van der Waals surface area contributed by atoms with Crippen molar-refractivity contribution in [1.82, 2.24) is 24.7 Å². The van der Waals surface area contributed by atoms with E-state index in [0.717, 1.165) is 35.3 Å². The Hall–Kier alpha value is -2.21. The summed E-state index contributed by atoms with van der Waals surface area (Å²) in [7, 11) is 0. The van der Waals surface area contributed by atoms with Gasteiger partial charge in [-0.15, -0.1) is 15.3 Å². The molecule has 3 aromatic rings. The van der Waals surface area contributed by atoms with Crippen LogP contribution in [0.25, 0.3) is 16.4 Å². The molecule has 0 saturated carbocycles. The van der Waals surface area contributed by atoms with Crippen LogP contribution in [0, 0.1) is 0 Å². The molecule has 0 radical (unpaired) electrons. The minimum absolute atomic E-state index is 0.690. The number of rotatable bonds is 4. The Bertz CT molecular complexity index is 811. The molecule has 1 aliphatic rings. The van der Waals surface area contributed by atoms with Gasteiger partial charge in [0.15, 0.2) is 11.5 Å². The highest BCUT2D eigenvalue weighted by Gasteiger charge is 2.17. The van der Waals surface area contributed by atoms with E-state index in [1.807, 2.05) is 12.1 Å². The normalized spacial score (nSPS) is 19.4. The van der Waals surface area contributed by atoms with Gasteiger partial charge < -0.3 is 5.32 Å². The maximum atomic E-state index is 4.63. The zero-order valence-electron chi connectivity index (χ0n) is 13.4. The fourth-order valence-electron chi connectivity index (χ4n) is 3.46. The summed E-state index contributed by atoms with van der Waals surface area (Å²) in [5.74, 6) is 0.901. The molecule has 120 valence electrons. The third kappa shape index (κ3) is 2.74. The Kier molecular flexibility index (Phi) is 3.83. The van der Waals surface area contributed by atoms with Crippen molar-refractivity contribution in [2.75, 3.05) is 25.0 Å². The summed E-state index contributed by atoms with van der Waals surface area (Å²) in [5.41, 5.74) is 0.802. The SMILES string of the molecule is CC1CCCCN1CCNc1nn2cnnc2c2ccccc12. The molecule has 0 bridgehead atoms. The van der Waals surface area contributed by atoms with E-state index in [1.165, 1.54) is 25.8 Å². The van der Waals surface area contributed by atoms with Crippen LogP contribution in [0.2, 0.25) is 0 Å². The third-order valence-electron chi connectivity index (χ3n) is 4.79. The molecule has 1 N–H and O–H groups in total. The first-order chi connectivity index (χ1) is 11.3. The standard InChI is InChI=1S/C17H22N6/c1-13-6-4-5-10-22(13)11-9-18-16-14-7-2-3-8-15(14)17-20-19-12-23(17)21-16/h2-3,7-8,12-13H,4-6,9-11H2,1H3,(H,18,21). The Labute approximate surface area is 135 Å². The van der Waals surface area contributed by atoms with Crippen molar-refractivity contribution in [2.45, 2.75) is 32.2 Å². The number of anilines is 1. The smallest absolute Gasteiger partial charge is 0.185 e. The number of likely N-dealkylation sites (tertiary alicyclic amines) is 1. The molecule has 6 heteroatoms. The van der Waals surface area contributed by atoms with E-state index in [1.54, 1.807) is 10.8 Å². The third-order valence-corrected chi connectivity index (χ3v) is 4.79. The Balaban J connectivity index is 1.55. The van der Waals surface area contributed by atoms with Gasteiger partial charge in [0.2, 0.25) is 0 Å². The quantitative estimate of drug-likeness (QED) is 0.802. The molecule has 1 saturated heterocycles. The summed E-state index contributed by atoms with van der Waals surface area (Å²) in [4.78, 5) is 2.57. The first kappa shape index (κ1) is 14.4. The lowest BCUT2D eigenvalue weighted by molar-refractivity contribution is 0.167. The molecule has 6 nitrogen and oxygen atoms in total. The molecule has 3 heterocycles. The average molecular weight is 310 g/mol. The van der Waals surface area contributed by atoms with E-state index >= 15 is 0 Å². The number of nitrogens with one attached hydrogen (secondary N) is 1. The van der Waals surface area contributed by atoms with Crippen LogP contribution in [0.1, 0.15) is 26.2 Å². The predicted molar refractivity (Wildman–Crippen MR) is 91.7 cm³/mol. The van der Waals surface area contributed by atoms with Gasteiger partial charge in [-0.3, -0.25) is 4.90 Å². The number of hydrogen-bond donors (Lipinski definition) is 1. The summed E-state index contributed by atoms with van der Waals surface area (Å²) >= 11 is 0. The number of nitrogens with zero attached hydrogens (tertiary/aromatic N) is 5. The first-order valence-electron chi connectivity index (χ1n) is 8.39. The van der Waals surface area contributed by atoms with Gasteiger partial charge in [0.25, 0.3) is 0 Å². The Morgan fingerprint density at radius 2 is 2.09 bits per heavy atom. The van der Waals surface area contributed by atoms with Crippen molar-refractivity contribution in [1.29, 1.82) is 0 Å². The van der Waals surface area contributed by atoms with Gasteiger partial charge in [-0.05, 0) is 26.3 Å². The number of fused-ring (bicyclic) bond motifs is 3. The summed E-state index contributed by atoms with van der Waals surface area (Å²) in [5, 5.41) is 18.4. The highest BCUT2D eigenvalue weighted by Crippen LogP contribution is 2.24. The van der Waals surface area contributed by atoms with Gasteiger partial charge >= 0.3 is 0 Å². The van der Waals surface area contributed by atoms with Crippen molar-refractivity contribution < 1.29 is 0 Å². The fraction of sp³-hybridized carbons (Fsp3) is 0.471. The van der Waals surface area contributed by atoms with E-state index in [0.29, 0.717) is 6.04 Å². The minimum atomic E-state index is 0.690. The molecule has 0 aliphatic carbocycles. The molecule has 1 unspecified atom stereocenters. The van der Waals surface area contributed by atoms with Gasteiger partial charge in [-0.2, -0.15) is 4.52 Å². The second kappa shape index (κ2) is 6.12. The molecular weight excluding hydrogens is 288 g/mol. The topological polar surface area (TPSA) is 58.4 Å². The monoisotopic (exact) mass is 310 g/mol. The van der Waals surface area contributed by atoms with Gasteiger partial charge in [0.05, 0.1) is 0 Å². The highest BCUT2D eigenvalue weighted by molar-refractivity contribution is 5.99. The lowest BCUT2D eigenvalue weighted by Crippen LogP contribution is -2.40. The zero-order valence-corrected chi connectivity index (χ0v) is 13.4. The number of hydrogen-bond acceptors (Lipinski definition) is 5. The molecular formula is C17H22N6. The van der Waals surface area contributed by atoms with E-state index in [9.17, 15) is 0 Å². The number of benzene rings is 1. The van der Waals surface area contributed by atoms with Crippen molar-refractivity contribution in [3.63, 3.8) is 0 Å². The van der Waals surface area contributed by atoms with Gasteiger partial charge in [0, 0.05) is 29.9 Å². The zero-order chi connectivity index (χ0) is 15.6. The molecule has 1 aliphatic heterocycles. The molecule has 2 aromatic heterocycles. The largest absolute Gasteiger partial charge is 0.367 e. The van der Waals surface area contributed by atoms with Crippen LogP contribution in [0.5, 0.6) is 0 Å². The molecule has 4 rings (SSSR count). The van der Waals surface area contributed by atoms with Gasteiger partial charge in [0.1, 0.15) is 6.33 Å². The highest BCUT2D eigenvalue weighted by atomic mass is 15.4. The van der Waals surface area contributed by atoms with E-state index < -0.39 is 0 Å². The van der Waals surface area contributed by atoms with Crippen LogP contribution in [-0.2, 0) is 0 Å². The summed E-state index contributed by atoms with van der Waals surface area (Å²) in [6, 6.07) is 8.91. The first-order valence-corrected chi connectivity index (χ1v) is 8.39. The van der Waals surface area contributed by atoms with Gasteiger partial charge in [-0.25, -0.2) is 0 Å². The van der Waals surface area contributed by atoms with Crippen LogP contribution in [0.4, 0.5) is 5.82 Å². The second-order valence-electron chi connectivity index (χ2n) is 6.30. The van der Waals surface area contributed by atoms with Crippen molar-refractivity contribution in [3.8, 4) is 0 Å². The number of aromatic nitrogens is 4. The van der Waals surface area contributed by atoms with E-state index in [2.05, 4.69) is 44.6 Å². The minimum Gasteiger partial charge on any atom is -0.367 e. The second-order valence-corrected chi connectivity index (χ2v) is 6.30. The van der Waals surface area contributed by atoms with Crippen LogP contribution in [0.3, 0.4) is 0 Å². The van der Waals surface area contributed by atoms with E-state index in [4.69, 9.17) is 0 Å². The Morgan fingerprint density at radius 1 is 1.22 bits per heavy atom. The molecule has 0 amide bonds. The average Bonchev–Trinajstić information content (AvgIpc) is 3.05. The van der Waals surface area contributed by atoms with Crippen LogP contribution in [-0.4, -0.2) is 50.4 Å². The molecule has 1 fully saturated rings. The molecule has 1 aromatic carbocycles. The van der Waals surface area contributed by atoms with Crippen LogP contribution < -0.4 is 5.32 Å². The number of piperidine rings is 1. The summed E-state index contributed by atoms with van der Waals surface area (Å²) < 4.78 is 1.74. The van der Waals surface area contributed by atoms with Crippen LogP contribution >= 0.6 is 0 Å². The Morgan fingerprint density at radius 3 is 2.96 bits per heavy atom. The molecule has 0 spiro atoms. The van der Waals surface area contributed by atoms with Crippen molar-refractivity contribution in [3.05, 3.63) is 30.6 Å². The maximum absolute atomic E-state index is 4.63. The van der Waals surface area contributed by atoms with Crippen molar-refractivity contribution in [2.24, 2.45) is 0 Å². The molecule has 1 atom stereocenters. The van der Waals surface area contributed by atoms with E-state index in [-0.39, 0.29) is 0 Å². The predicted octanol–water partition coefficient (Wildman–Crippen LogP) is 2.56. The van der Waals surface area contributed by atoms with Gasteiger partial charge in [-0.1, -0.05) is 30.7 Å². The summed E-state index contributed by atoms with van der Waals surface area (Å²) in [6.45, 7) is 5.49. The fourth-order valence-corrected chi connectivity index (χ4v) is 3.46. The van der Waals surface area contributed by atoms with Crippen molar-refractivity contribution >= 4 is 22.2 Å². The van der Waals surface area contributed by atoms with Crippen LogP contribution in [0.15, 0.2) is 30.6 Å². The lowest BCUT2D eigenvalue weighted by Gasteiger charge is -2.33. The molecule has 23 heavy (non-hydrogen) atoms. The lowest BCUT2D eigenvalue weighted by atomic mass is 10.0. The maximum Gasteiger partial charge on any atom is 0.185 e.